The third-order valence-electron chi connectivity index (χ3n) is 20.4. The van der Waals surface area contributed by atoms with Crippen LogP contribution in [0.1, 0.15) is 386 Å². The molecule has 0 spiro atoms. The summed E-state index contributed by atoms with van der Waals surface area (Å²) in [6.07, 6.45) is 70.4. The largest absolute Gasteiger partial charge is 0.394 e. The Morgan fingerprint density at radius 2 is 0.688 bits per heavy atom. The molecule has 12 unspecified atom stereocenters. The Morgan fingerprint density at radius 1 is 0.375 bits per heavy atom. The van der Waals surface area contributed by atoms with Crippen LogP contribution in [0.4, 0.5) is 0 Å². The molecule has 0 aliphatic carbocycles. The molecule has 2 saturated heterocycles. The van der Waals surface area contributed by atoms with Crippen LogP contribution >= 0.6 is 0 Å². The van der Waals surface area contributed by atoms with Crippen LogP contribution in [0.25, 0.3) is 0 Å². The second-order valence-corrected chi connectivity index (χ2v) is 29.3. The first-order valence-electron chi connectivity index (χ1n) is 41.2. The summed E-state index contributed by atoms with van der Waals surface area (Å²) in [5, 5.41) is 87.9. The van der Waals surface area contributed by atoms with Gasteiger partial charge in [-0.15, -0.1) is 0 Å². The summed E-state index contributed by atoms with van der Waals surface area (Å²) in [6.45, 7) is 2.92. The van der Waals surface area contributed by atoms with E-state index in [1.807, 2.05) is 0 Å². The van der Waals surface area contributed by atoms with Crippen molar-refractivity contribution in [2.75, 3.05) is 19.8 Å². The number of aliphatic hydroxyl groups is 8. The van der Waals surface area contributed by atoms with E-state index in [9.17, 15) is 45.6 Å². The van der Waals surface area contributed by atoms with E-state index < -0.39 is 86.8 Å². The number of amides is 1. The minimum absolute atomic E-state index is 0.200. The molecule has 0 saturated carbocycles. The van der Waals surface area contributed by atoms with Crippen LogP contribution in [-0.2, 0) is 23.7 Å². The Bertz CT molecular complexity index is 1750. The maximum Gasteiger partial charge on any atom is 0.220 e. The number of aliphatic hydroxyl groups excluding tert-OH is 8. The number of carbonyl (C=O) groups excluding carboxylic acids is 1. The number of allylic oxidation sites excluding steroid dienone is 6. The van der Waals surface area contributed by atoms with Gasteiger partial charge in [0.2, 0.25) is 5.91 Å². The van der Waals surface area contributed by atoms with Gasteiger partial charge in [0.25, 0.3) is 0 Å². The summed E-state index contributed by atoms with van der Waals surface area (Å²) in [5.74, 6) is -0.200. The number of hydrogen-bond acceptors (Lipinski definition) is 13. The van der Waals surface area contributed by atoms with Crippen molar-refractivity contribution in [1.29, 1.82) is 0 Å². The van der Waals surface area contributed by atoms with Crippen LogP contribution in [-0.4, -0.2) is 140 Å². The van der Waals surface area contributed by atoms with E-state index in [1.165, 1.54) is 295 Å². The predicted molar refractivity (Wildman–Crippen MR) is 397 cm³/mol. The average Bonchev–Trinajstić information content (AvgIpc) is 0.797. The standard InChI is InChI=1S/C82H155NO13/c1-3-5-7-9-11-13-15-17-19-21-23-25-27-29-31-33-35-37-39-41-43-45-47-49-51-53-55-57-59-61-63-65-71(86)70(69-93-81-79(92)77(90)80(73(68-85)95-81)96-82-78(91)76(89)75(88)72(67-84)94-82)83-74(87)66-64-62-60-58-56-54-52-50-48-46-44-42-40-38-36-34-32-30-28-26-24-22-20-18-16-14-12-10-8-6-4-2/h16,18,22,24,28,30,70-73,75-82,84-86,88-92H,3-15,17,19-21,23,25-27,29,31-69H2,1-2H3,(H,83,87)/b18-16-,24-22-,30-28-. The monoisotopic (exact) mass is 1360 g/mol. The fourth-order valence-electron chi connectivity index (χ4n) is 13.8. The lowest BCUT2D eigenvalue weighted by atomic mass is 9.97. The molecule has 0 aromatic rings. The first-order valence-corrected chi connectivity index (χ1v) is 41.2. The van der Waals surface area contributed by atoms with Crippen LogP contribution in [0.15, 0.2) is 36.5 Å². The highest BCUT2D eigenvalue weighted by molar-refractivity contribution is 5.76. The van der Waals surface area contributed by atoms with Gasteiger partial charge in [-0.25, -0.2) is 0 Å². The summed E-state index contributed by atoms with van der Waals surface area (Å²) in [6, 6.07) is -0.831. The quantitative estimate of drug-likeness (QED) is 0.0204. The van der Waals surface area contributed by atoms with Gasteiger partial charge in [-0.1, -0.05) is 365 Å². The van der Waals surface area contributed by atoms with Crippen LogP contribution in [0.5, 0.6) is 0 Å². The van der Waals surface area contributed by atoms with Crippen molar-refractivity contribution in [3.63, 3.8) is 0 Å². The van der Waals surface area contributed by atoms with Gasteiger partial charge in [-0.05, 0) is 51.4 Å². The Balaban J connectivity index is 1.60. The molecule has 1 amide bonds. The molecule has 9 N–H and O–H groups in total. The molecule has 2 rings (SSSR count). The Kier molecular flexibility index (Phi) is 62.5. The lowest BCUT2D eigenvalue weighted by Gasteiger charge is -2.46. The second-order valence-electron chi connectivity index (χ2n) is 29.3. The van der Waals surface area contributed by atoms with Crippen molar-refractivity contribution in [3.8, 4) is 0 Å². The van der Waals surface area contributed by atoms with E-state index in [1.54, 1.807) is 0 Å². The molecule has 12 atom stereocenters. The average molecular weight is 1360 g/mol. The molecule has 0 aromatic carbocycles. The molecule has 0 radical (unpaired) electrons. The number of hydrogen-bond donors (Lipinski definition) is 9. The smallest absolute Gasteiger partial charge is 0.220 e. The number of rotatable bonds is 70. The Morgan fingerprint density at radius 3 is 1.05 bits per heavy atom. The molecule has 566 valence electrons. The lowest BCUT2D eigenvalue weighted by molar-refractivity contribution is -0.359. The third kappa shape index (κ3) is 48.9. The van der Waals surface area contributed by atoms with Crippen molar-refractivity contribution >= 4 is 5.91 Å². The van der Waals surface area contributed by atoms with Crippen molar-refractivity contribution < 1.29 is 64.6 Å². The molecule has 2 aliphatic heterocycles. The zero-order chi connectivity index (χ0) is 69.4. The lowest BCUT2D eigenvalue weighted by Crippen LogP contribution is -2.65. The minimum atomic E-state index is -1.78. The summed E-state index contributed by atoms with van der Waals surface area (Å²) in [4.78, 5) is 13.4. The predicted octanol–water partition coefficient (Wildman–Crippen LogP) is 18.8. The molecule has 0 bridgehead atoms. The van der Waals surface area contributed by atoms with Crippen LogP contribution < -0.4 is 5.32 Å². The van der Waals surface area contributed by atoms with Crippen molar-refractivity contribution in [2.45, 2.75) is 460 Å². The Labute approximate surface area is 589 Å². The number of nitrogens with one attached hydrogen (secondary N) is 1. The maximum absolute atomic E-state index is 13.4. The van der Waals surface area contributed by atoms with E-state index in [2.05, 4.69) is 55.6 Å². The zero-order valence-electron chi connectivity index (χ0n) is 62.1. The molecular formula is C82H155NO13. The number of ether oxygens (including phenoxy) is 4. The van der Waals surface area contributed by atoms with E-state index in [0.29, 0.717) is 12.8 Å². The van der Waals surface area contributed by atoms with E-state index in [0.717, 1.165) is 64.2 Å². The van der Waals surface area contributed by atoms with Crippen LogP contribution in [0.2, 0.25) is 0 Å². The topological polar surface area (TPSA) is 228 Å². The molecule has 2 aliphatic rings. The van der Waals surface area contributed by atoms with Gasteiger partial charge in [0.15, 0.2) is 12.6 Å². The maximum atomic E-state index is 13.4. The molecule has 2 fully saturated rings. The first kappa shape index (κ1) is 90.3. The van der Waals surface area contributed by atoms with Gasteiger partial charge in [0.1, 0.15) is 48.8 Å². The SMILES string of the molecule is CCCCCCC/C=C\C/C=C\C/C=C\CCCCCCCCCCCCCCCCCCC(=O)NC(COC1OC(CO)C(OC2OC(CO)C(O)C(O)C2O)C(O)C1O)C(O)CCCCCCCCCCCCCCCCCCCCCCCCCCCCCCCCC. The normalized spacial score (nSPS) is 22.4. The van der Waals surface area contributed by atoms with Gasteiger partial charge in [0, 0.05) is 6.42 Å². The molecule has 2 heterocycles. The number of carbonyl (C=O) groups is 1. The fourth-order valence-corrected chi connectivity index (χ4v) is 13.8. The first-order chi connectivity index (χ1) is 47.1. The summed E-state index contributed by atoms with van der Waals surface area (Å²) < 4.78 is 23.0. The number of unbranched alkanes of at least 4 members (excludes halogenated alkanes) is 51. The zero-order valence-corrected chi connectivity index (χ0v) is 62.1. The van der Waals surface area contributed by atoms with Crippen molar-refractivity contribution in [1.82, 2.24) is 5.32 Å². The Hall–Kier alpha value is -1.79. The molecule has 14 heteroatoms. The second kappa shape index (κ2) is 66.4. The molecule has 14 nitrogen and oxygen atoms in total. The molecule has 96 heavy (non-hydrogen) atoms. The van der Waals surface area contributed by atoms with Crippen LogP contribution in [0, 0.1) is 0 Å². The highest BCUT2D eigenvalue weighted by Crippen LogP contribution is 2.30. The highest BCUT2D eigenvalue weighted by atomic mass is 16.7. The highest BCUT2D eigenvalue weighted by Gasteiger charge is 2.51. The van der Waals surface area contributed by atoms with Gasteiger partial charge in [-0.3, -0.25) is 4.79 Å². The van der Waals surface area contributed by atoms with Crippen LogP contribution in [0.3, 0.4) is 0 Å². The van der Waals surface area contributed by atoms with Gasteiger partial charge < -0.3 is 65.1 Å². The summed E-state index contributed by atoms with van der Waals surface area (Å²) in [7, 11) is 0. The van der Waals surface area contributed by atoms with Crippen molar-refractivity contribution in [2.24, 2.45) is 0 Å². The fraction of sp³-hybridized carbons (Fsp3) is 0.915. The van der Waals surface area contributed by atoms with Gasteiger partial charge >= 0.3 is 0 Å². The molecule has 0 aromatic heterocycles. The molecular weight excluding hydrogens is 1210 g/mol. The van der Waals surface area contributed by atoms with E-state index in [-0.39, 0.29) is 12.5 Å². The van der Waals surface area contributed by atoms with Gasteiger partial charge in [-0.2, -0.15) is 0 Å². The summed E-state index contributed by atoms with van der Waals surface area (Å²) in [5.41, 5.74) is 0. The van der Waals surface area contributed by atoms with Gasteiger partial charge in [0.05, 0.1) is 32.0 Å². The third-order valence-corrected chi connectivity index (χ3v) is 20.4. The van der Waals surface area contributed by atoms with E-state index >= 15 is 0 Å². The minimum Gasteiger partial charge on any atom is -0.394 e. The van der Waals surface area contributed by atoms with Crippen molar-refractivity contribution in [3.05, 3.63) is 36.5 Å². The summed E-state index contributed by atoms with van der Waals surface area (Å²) >= 11 is 0. The van der Waals surface area contributed by atoms with E-state index in [4.69, 9.17) is 18.9 Å².